The minimum atomic E-state index is -0.0319. The van der Waals surface area contributed by atoms with Gasteiger partial charge in [-0.1, -0.05) is 18.2 Å². The Bertz CT molecular complexity index is 871. The Labute approximate surface area is 152 Å². The first-order valence-corrected chi connectivity index (χ1v) is 9.02. The maximum atomic E-state index is 13.2. The normalized spacial score (nSPS) is 10.5. The molecule has 3 nitrogen and oxygen atoms in total. The topological polar surface area (TPSA) is 29.5 Å². The van der Waals surface area contributed by atoms with Gasteiger partial charge in [0.05, 0.1) is 13.7 Å². The summed E-state index contributed by atoms with van der Waals surface area (Å²) >= 11 is 1.65. The first-order valence-electron chi connectivity index (χ1n) is 8.14. The van der Waals surface area contributed by atoms with Crippen LogP contribution in [-0.4, -0.2) is 13.0 Å². The standard InChI is InChI=1S/C21H21NO2S/c1-15-9-10-18(12-16(15)2)22(14-20-8-5-11-25-20)21(23)17-6-4-7-19(13-17)24-3/h4-13H,14H2,1-3H3. The number of hydrogen-bond acceptors (Lipinski definition) is 3. The third kappa shape index (κ3) is 3.91. The minimum absolute atomic E-state index is 0.0319. The largest absolute Gasteiger partial charge is 0.497 e. The van der Waals surface area contributed by atoms with Gasteiger partial charge in [-0.05, 0) is 66.8 Å². The van der Waals surface area contributed by atoms with Crippen molar-refractivity contribution < 1.29 is 9.53 Å². The fourth-order valence-electron chi connectivity index (χ4n) is 2.64. The van der Waals surface area contributed by atoms with E-state index in [1.165, 1.54) is 11.1 Å². The van der Waals surface area contributed by atoms with E-state index in [9.17, 15) is 4.79 Å². The number of methoxy groups -OCH3 is 1. The van der Waals surface area contributed by atoms with Gasteiger partial charge >= 0.3 is 0 Å². The molecular formula is C21H21NO2S. The Morgan fingerprint density at radius 2 is 1.88 bits per heavy atom. The molecule has 0 spiro atoms. The summed E-state index contributed by atoms with van der Waals surface area (Å²) in [4.78, 5) is 16.2. The molecule has 1 heterocycles. The molecule has 128 valence electrons. The maximum absolute atomic E-state index is 13.2. The number of nitrogens with zero attached hydrogens (tertiary/aromatic N) is 1. The van der Waals surface area contributed by atoms with Crippen LogP contribution in [0, 0.1) is 13.8 Å². The van der Waals surface area contributed by atoms with Gasteiger partial charge in [0.15, 0.2) is 0 Å². The Balaban J connectivity index is 2.00. The van der Waals surface area contributed by atoms with Gasteiger partial charge in [-0.15, -0.1) is 11.3 Å². The molecule has 0 aliphatic heterocycles. The second-order valence-corrected chi connectivity index (χ2v) is 7.00. The summed E-state index contributed by atoms with van der Waals surface area (Å²) in [6, 6.07) is 17.5. The highest BCUT2D eigenvalue weighted by Gasteiger charge is 2.19. The van der Waals surface area contributed by atoms with Crippen LogP contribution in [0.2, 0.25) is 0 Å². The number of aryl methyl sites for hydroxylation is 2. The molecule has 1 amide bonds. The van der Waals surface area contributed by atoms with Crippen molar-refractivity contribution in [2.75, 3.05) is 12.0 Å². The molecule has 0 unspecified atom stereocenters. The van der Waals surface area contributed by atoms with Crippen molar-refractivity contribution in [2.45, 2.75) is 20.4 Å². The van der Waals surface area contributed by atoms with Crippen LogP contribution in [0.25, 0.3) is 0 Å². The van der Waals surface area contributed by atoms with E-state index in [2.05, 4.69) is 32.0 Å². The molecule has 0 bridgehead atoms. The van der Waals surface area contributed by atoms with Crippen LogP contribution >= 0.6 is 11.3 Å². The third-order valence-electron chi connectivity index (χ3n) is 4.26. The van der Waals surface area contributed by atoms with E-state index in [4.69, 9.17) is 4.74 Å². The molecule has 2 aromatic carbocycles. The summed E-state index contributed by atoms with van der Waals surface area (Å²) in [5.41, 5.74) is 3.92. The van der Waals surface area contributed by atoms with Gasteiger partial charge in [0.1, 0.15) is 5.75 Å². The van der Waals surface area contributed by atoms with Crippen LogP contribution in [0.3, 0.4) is 0 Å². The van der Waals surface area contributed by atoms with Crippen molar-refractivity contribution in [2.24, 2.45) is 0 Å². The highest BCUT2D eigenvalue weighted by Crippen LogP contribution is 2.25. The number of amides is 1. The second-order valence-electron chi connectivity index (χ2n) is 5.97. The summed E-state index contributed by atoms with van der Waals surface area (Å²) in [6.45, 7) is 4.70. The predicted octanol–water partition coefficient (Wildman–Crippen LogP) is 5.22. The first kappa shape index (κ1) is 17.2. The second kappa shape index (κ2) is 7.53. The van der Waals surface area contributed by atoms with E-state index in [-0.39, 0.29) is 5.91 Å². The van der Waals surface area contributed by atoms with Crippen LogP contribution < -0.4 is 9.64 Å². The van der Waals surface area contributed by atoms with Gasteiger partial charge in [0.2, 0.25) is 0 Å². The molecule has 0 saturated carbocycles. The van der Waals surface area contributed by atoms with Gasteiger partial charge in [-0.3, -0.25) is 4.79 Å². The van der Waals surface area contributed by atoms with E-state index < -0.39 is 0 Å². The molecule has 3 rings (SSSR count). The van der Waals surface area contributed by atoms with Gasteiger partial charge in [0, 0.05) is 16.1 Å². The molecule has 0 aliphatic rings. The maximum Gasteiger partial charge on any atom is 0.258 e. The van der Waals surface area contributed by atoms with Gasteiger partial charge in [-0.25, -0.2) is 0 Å². The quantitative estimate of drug-likeness (QED) is 0.631. The third-order valence-corrected chi connectivity index (χ3v) is 5.12. The Morgan fingerprint density at radius 3 is 2.56 bits per heavy atom. The number of anilines is 1. The summed E-state index contributed by atoms with van der Waals surface area (Å²) in [7, 11) is 1.61. The summed E-state index contributed by atoms with van der Waals surface area (Å²) < 4.78 is 5.26. The highest BCUT2D eigenvalue weighted by molar-refractivity contribution is 7.09. The zero-order valence-electron chi connectivity index (χ0n) is 14.7. The first-order chi connectivity index (χ1) is 12.1. The number of rotatable bonds is 5. The SMILES string of the molecule is COc1cccc(C(=O)N(Cc2cccs2)c2ccc(C)c(C)c2)c1. The Hall–Kier alpha value is -2.59. The van der Waals surface area contributed by atoms with E-state index in [1.54, 1.807) is 24.5 Å². The predicted molar refractivity (Wildman–Crippen MR) is 104 cm³/mol. The number of carbonyl (C=O) groups excluding carboxylic acids is 1. The van der Waals surface area contributed by atoms with Crippen LogP contribution in [0.1, 0.15) is 26.4 Å². The molecule has 0 atom stereocenters. The number of benzene rings is 2. The lowest BCUT2D eigenvalue weighted by Gasteiger charge is -2.23. The van der Waals surface area contributed by atoms with Crippen molar-refractivity contribution in [3.8, 4) is 5.75 Å². The van der Waals surface area contributed by atoms with Crippen molar-refractivity contribution in [3.63, 3.8) is 0 Å². The van der Waals surface area contributed by atoms with Crippen LogP contribution in [0.5, 0.6) is 5.75 Å². The van der Waals surface area contributed by atoms with Gasteiger partial charge < -0.3 is 9.64 Å². The highest BCUT2D eigenvalue weighted by atomic mass is 32.1. The minimum Gasteiger partial charge on any atom is -0.497 e. The molecule has 1 aromatic heterocycles. The molecule has 3 aromatic rings. The lowest BCUT2D eigenvalue weighted by molar-refractivity contribution is 0.0985. The number of ether oxygens (including phenoxy) is 1. The molecule has 4 heteroatoms. The van der Waals surface area contributed by atoms with E-state index in [1.807, 2.05) is 40.6 Å². The average Bonchev–Trinajstić information content (AvgIpc) is 3.15. The van der Waals surface area contributed by atoms with Crippen LogP contribution in [-0.2, 0) is 6.54 Å². The summed E-state index contributed by atoms with van der Waals surface area (Å²) in [5.74, 6) is 0.651. The zero-order chi connectivity index (χ0) is 17.8. The fourth-order valence-corrected chi connectivity index (χ4v) is 3.34. The molecule has 0 fully saturated rings. The number of carbonyl (C=O) groups is 1. The van der Waals surface area contributed by atoms with Gasteiger partial charge in [0.25, 0.3) is 5.91 Å². The molecule has 0 N–H and O–H groups in total. The Kier molecular flexibility index (Phi) is 5.19. The van der Waals surface area contributed by atoms with Crippen molar-refractivity contribution in [3.05, 3.63) is 81.5 Å². The van der Waals surface area contributed by atoms with Crippen LogP contribution in [0.15, 0.2) is 60.0 Å². The lowest BCUT2D eigenvalue weighted by atomic mass is 10.1. The molecule has 0 saturated heterocycles. The summed E-state index contributed by atoms with van der Waals surface area (Å²) in [5, 5.41) is 2.03. The molecular weight excluding hydrogens is 330 g/mol. The summed E-state index contributed by atoms with van der Waals surface area (Å²) in [6.07, 6.45) is 0. The van der Waals surface area contributed by atoms with E-state index >= 15 is 0 Å². The Morgan fingerprint density at radius 1 is 1.04 bits per heavy atom. The molecule has 0 radical (unpaired) electrons. The average molecular weight is 351 g/mol. The number of hydrogen-bond donors (Lipinski definition) is 0. The van der Waals surface area contributed by atoms with Crippen molar-refractivity contribution >= 4 is 22.9 Å². The fraction of sp³-hybridized carbons (Fsp3) is 0.190. The number of thiophene rings is 1. The van der Waals surface area contributed by atoms with E-state index in [0.29, 0.717) is 17.9 Å². The van der Waals surface area contributed by atoms with E-state index in [0.717, 1.165) is 10.6 Å². The smallest absolute Gasteiger partial charge is 0.258 e. The lowest BCUT2D eigenvalue weighted by Crippen LogP contribution is -2.30. The monoisotopic (exact) mass is 351 g/mol. The molecule has 25 heavy (non-hydrogen) atoms. The van der Waals surface area contributed by atoms with Gasteiger partial charge in [-0.2, -0.15) is 0 Å². The van der Waals surface area contributed by atoms with Crippen LogP contribution in [0.4, 0.5) is 5.69 Å². The zero-order valence-corrected chi connectivity index (χ0v) is 15.5. The van der Waals surface area contributed by atoms with Crippen molar-refractivity contribution in [1.82, 2.24) is 0 Å². The van der Waals surface area contributed by atoms with Crippen molar-refractivity contribution in [1.29, 1.82) is 0 Å². The molecule has 0 aliphatic carbocycles.